The Hall–Kier alpha value is -2.33. The van der Waals surface area contributed by atoms with Crippen molar-refractivity contribution in [3.8, 4) is 0 Å². The first-order chi connectivity index (χ1) is 9.93. The summed E-state index contributed by atoms with van der Waals surface area (Å²) in [6, 6.07) is 14.8. The first-order valence-corrected chi connectivity index (χ1v) is 6.68. The van der Waals surface area contributed by atoms with Gasteiger partial charge in [0, 0.05) is 10.6 Å². The summed E-state index contributed by atoms with van der Waals surface area (Å²) in [5, 5.41) is 12.6. The Labute approximate surface area is 127 Å². The van der Waals surface area contributed by atoms with Crippen molar-refractivity contribution < 1.29 is 14.7 Å². The summed E-state index contributed by atoms with van der Waals surface area (Å²) in [7, 11) is 0. The van der Waals surface area contributed by atoms with Crippen LogP contribution in [0.4, 0.5) is 0 Å². The summed E-state index contributed by atoms with van der Waals surface area (Å²) in [6.07, 6.45) is 0. The molecular weight excluding hydrogens is 290 g/mol. The second-order valence-corrected chi connectivity index (χ2v) is 5.19. The Morgan fingerprint density at radius 3 is 2.14 bits per heavy atom. The minimum Gasteiger partial charge on any atom is -0.479 e. The van der Waals surface area contributed by atoms with Crippen molar-refractivity contribution in [2.45, 2.75) is 12.5 Å². The molecule has 108 valence electrons. The van der Waals surface area contributed by atoms with E-state index >= 15 is 0 Å². The maximum atomic E-state index is 12.2. The molecule has 0 aliphatic carbocycles. The van der Waals surface area contributed by atoms with E-state index in [1.807, 2.05) is 0 Å². The molecule has 1 atom stereocenters. The van der Waals surface area contributed by atoms with Crippen LogP contribution in [0.5, 0.6) is 0 Å². The quantitative estimate of drug-likeness (QED) is 0.912. The number of nitrogens with one attached hydrogen (secondary N) is 1. The maximum absolute atomic E-state index is 12.2. The van der Waals surface area contributed by atoms with Gasteiger partial charge in [0.05, 0.1) is 0 Å². The van der Waals surface area contributed by atoms with Crippen molar-refractivity contribution in [2.75, 3.05) is 0 Å². The number of rotatable bonds is 4. The summed E-state index contributed by atoms with van der Waals surface area (Å²) < 4.78 is 0. The van der Waals surface area contributed by atoms with Crippen LogP contribution >= 0.6 is 11.6 Å². The molecule has 0 saturated heterocycles. The van der Waals surface area contributed by atoms with Crippen LogP contribution < -0.4 is 5.32 Å². The largest absolute Gasteiger partial charge is 0.479 e. The minimum absolute atomic E-state index is 0.402. The zero-order valence-corrected chi connectivity index (χ0v) is 12.1. The third kappa shape index (κ3) is 3.23. The van der Waals surface area contributed by atoms with Crippen molar-refractivity contribution in [1.82, 2.24) is 5.32 Å². The lowest BCUT2D eigenvalue weighted by Crippen LogP contribution is -2.49. The Kier molecular flexibility index (Phi) is 4.29. The normalized spacial score (nSPS) is 13.2. The molecule has 2 aromatic carbocycles. The van der Waals surface area contributed by atoms with Crippen molar-refractivity contribution in [3.05, 3.63) is 70.7 Å². The van der Waals surface area contributed by atoms with E-state index in [0.29, 0.717) is 16.1 Å². The molecule has 5 heteroatoms. The van der Waals surface area contributed by atoms with E-state index < -0.39 is 17.4 Å². The summed E-state index contributed by atoms with van der Waals surface area (Å²) in [5.74, 6) is -1.59. The van der Waals surface area contributed by atoms with Gasteiger partial charge in [0.25, 0.3) is 5.91 Å². The molecule has 1 amide bonds. The number of hydrogen-bond acceptors (Lipinski definition) is 2. The molecule has 2 rings (SSSR count). The fraction of sp³-hybridized carbons (Fsp3) is 0.125. The predicted molar refractivity (Wildman–Crippen MR) is 80.3 cm³/mol. The molecule has 0 bridgehead atoms. The van der Waals surface area contributed by atoms with Gasteiger partial charge in [-0.3, -0.25) is 4.79 Å². The molecule has 2 N–H and O–H groups in total. The minimum atomic E-state index is -1.53. The molecule has 0 saturated carbocycles. The molecule has 0 aliphatic rings. The van der Waals surface area contributed by atoms with E-state index in [4.69, 9.17) is 11.6 Å². The Balaban J connectivity index is 2.33. The van der Waals surface area contributed by atoms with Crippen LogP contribution in [0, 0.1) is 0 Å². The van der Waals surface area contributed by atoms with Crippen molar-refractivity contribution in [3.63, 3.8) is 0 Å². The second-order valence-electron chi connectivity index (χ2n) is 4.76. The lowest BCUT2D eigenvalue weighted by Gasteiger charge is -2.27. The number of carbonyl (C=O) groups is 2. The van der Waals surface area contributed by atoms with Gasteiger partial charge in [0.1, 0.15) is 0 Å². The van der Waals surface area contributed by atoms with Gasteiger partial charge in [-0.2, -0.15) is 0 Å². The zero-order valence-electron chi connectivity index (χ0n) is 11.3. The third-order valence-electron chi connectivity index (χ3n) is 3.25. The van der Waals surface area contributed by atoms with Gasteiger partial charge < -0.3 is 10.4 Å². The Morgan fingerprint density at radius 2 is 1.62 bits per heavy atom. The standard InChI is InChI=1S/C16H14ClNO3/c1-16(15(20)21,12-7-9-13(17)10-8-12)18-14(19)11-5-3-2-4-6-11/h2-10H,1H3,(H,18,19)(H,20,21). The Morgan fingerprint density at radius 1 is 1.05 bits per heavy atom. The summed E-state index contributed by atoms with van der Waals surface area (Å²) in [5.41, 5.74) is -0.681. The van der Waals surface area contributed by atoms with E-state index in [2.05, 4.69) is 5.32 Å². The third-order valence-corrected chi connectivity index (χ3v) is 3.50. The number of carboxylic acid groups (broad SMARTS) is 1. The van der Waals surface area contributed by atoms with Gasteiger partial charge in [0.15, 0.2) is 5.54 Å². The SMILES string of the molecule is CC(NC(=O)c1ccccc1)(C(=O)O)c1ccc(Cl)cc1. The average molecular weight is 304 g/mol. The predicted octanol–water partition coefficient (Wildman–Crippen LogP) is 3.07. The summed E-state index contributed by atoms with van der Waals surface area (Å²) >= 11 is 5.81. The molecule has 1 unspecified atom stereocenters. The highest BCUT2D eigenvalue weighted by molar-refractivity contribution is 6.30. The van der Waals surface area contributed by atoms with Gasteiger partial charge in [-0.1, -0.05) is 41.9 Å². The second kappa shape index (κ2) is 5.97. The number of amides is 1. The van der Waals surface area contributed by atoms with Crippen LogP contribution in [-0.4, -0.2) is 17.0 Å². The molecule has 2 aromatic rings. The molecule has 0 aliphatic heterocycles. The molecule has 0 spiro atoms. The first-order valence-electron chi connectivity index (χ1n) is 6.30. The zero-order chi connectivity index (χ0) is 15.5. The monoisotopic (exact) mass is 303 g/mol. The van der Waals surface area contributed by atoms with E-state index in [9.17, 15) is 14.7 Å². The number of aliphatic carboxylic acids is 1. The first kappa shape index (κ1) is 15.1. The fourth-order valence-electron chi connectivity index (χ4n) is 1.92. The fourth-order valence-corrected chi connectivity index (χ4v) is 2.05. The van der Waals surface area contributed by atoms with Crippen LogP contribution in [0.25, 0.3) is 0 Å². The number of carboxylic acids is 1. The number of hydrogen-bond donors (Lipinski definition) is 2. The van der Waals surface area contributed by atoms with Crippen molar-refractivity contribution in [2.24, 2.45) is 0 Å². The molecular formula is C16H14ClNO3. The van der Waals surface area contributed by atoms with Gasteiger partial charge >= 0.3 is 5.97 Å². The van der Waals surface area contributed by atoms with Crippen LogP contribution in [0.2, 0.25) is 5.02 Å². The van der Waals surface area contributed by atoms with Gasteiger partial charge in [0.2, 0.25) is 0 Å². The van der Waals surface area contributed by atoms with Crippen LogP contribution in [0.1, 0.15) is 22.8 Å². The van der Waals surface area contributed by atoms with Crippen LogP contribution in [0.15, 0.2) is 54.6 Å². The van der Waals surface area contributed by atoms with E-state index in [0.717, 1.165) is 0 Å². The lowest BCUT2D eigenvalue weighted by molar-refractivity contribution is -0.144. The van der Waals surface area contributed by atoms with Gasteiger partial charge in [-0.25, -0.2) is 4.79 Å². The summed E-state index contributed by atoms with van der Waals surface area (Å²) in [6.45, 7) is 1.44. The van der Waals surface area contributed by atoms with Gasteiger partial charge in [-0.05, 0) is 36.8 Å². The number of carbonyl (C=O) groups excluding carboxylic acids is 1. The molecule has 0 aromatic heterocycles. The maximum Gasteiger partial charge on any atom is 0.333 e. The lowest BCUT2D eigenvalue weighted by atomic mass is 9.91. The highest BCUT2D eigenvalue weighted by Crippen LogP contribution is 2.23. The molecule has 21 heavy (non-hydrogen) atoms. The topological polar surface area (TPSA) is 66.4 Å². The van der Waals surface area contributed by atoms with Crippen molar-refractivity contribution in [1.29, 1.82) is 0 Å². The molecule has 4 nitrogen and oxygen atoms in total. The van der Waals surface area contributed by atoms with E-state index in [1.165, 1.54) is 6.92 Å². The van der Waals surface area contributed by atoms with E-state index in [1.54, 1.807) is 54.6 Å². The average Bonchev–Trinajstić information content (AvgIpc) is 2.48. The van der Waals surface area contributed by atoms with Crippen molar-refractivity contribution >= 4 is 23.5 Å². The highest BCUT2D eigenvalue weighted by atomic mass is 35.5. The highest BCUT2D eigenvalue weighted by Gasteiger charge is 2.37. The van der Waals surface area contributed by atoms with Crippen LogP contribution in [-0.2, 0) is 10.3 Å². The smallest absolute Gasteiger partial charge is 0.333 e. The van der Waals surface area contributed by atoms with Crippen LogP contribution in [0.3, 0.4) is 0 Å². The number of benzene rings is 2. The van der Waals surface area contributed by atoms with E-state index in [-0.39, 0.29) is 0 Å². The molecule has 0 fully saturated rings. The molecule has 0 heterocycles. The molecule has 0 radical (unpaired) electrons. The summed E-state index contributed by atoms with van der Waals surface area (Å²) in [4.78, 5) is 23.8. The number of halogens is 1. The van der Waals surface area contributed by atoms with Gasteiger partial charge in [-0.15, -0.1) is 0 Å². The Bertz CT molecular complexity index is 655.